The molecule has 0 unspecified atom stereocenters. The molecular formula is C18H20N2O4. The van der Waals surface area contributed by atoms with Crippen LogP contribution in [0.25, 0.3) is 0 Å². The number of nitrogens with zero attached hydrogens (tertiary/aromatic N) is 1. The van der Waals surface area contributed by atoms with Gasteiger partial charge in [0.2, 0.25) is 0 Å². The van der Waals surface area contributed by atoms with Crippen LogP contribution >= 0.6 is 0 Å². The molecule has 2 aromatic rings. The average Bonchev–Trinajstić information content (AvgIpc) is 2.61. The predicted molar refractivity (Wildman–Crippen MR) is 90.6 cm³/mol. The van der Waals surface area contributed by atoms with Gasteiger partial charge in [0.1, 0.15) is 5.75 Å². The molecule has 0 heterocycles. The second-order valence-corrected chi connectivity index (χ2v) is 5.12. The lowest BCUT2D eigenvalue weighted by molar-refractivity contribution is -0.143. The SMILES string of the molecule is COc1cccc(NC(=O)C(=O)N(CCO)Cc2ccccc2)c1. The van der Waals surface area contributed by atoms with E-state index < -0.39 is 11.8 Å². The number of carbonyl (C=O) groups excluding carboxylic acids is 2. The Morgan fingerprint density at radius 3 is 2.54 bits per heavy atom. The van der Waals surface area contributed by atoms with Crippen molar-refractivity contribution in [3.05, 3.63) is 60.2 Å². The van der Waals surface area contributed by atoms with Crippen LogP contribution in [0.5, 0.6) is 5.75 Å². The second kappa shape index (κ2) is 8.69. The van der Waals surface area contributed by atoms with Crippen LogP contribution in [-0.4, -0.2) is 42.1 Å². The number of hydrogen-bond donors (Lipinski definition) is 2. The summed E-state index contributed by atoms with van der Waals surface area (Å²) < 4.78 is 5.08. The summed E-state index contributed by atoms with van der Waals surface area (Å²) in [6.07, 6.45) is 0. The van der Waals surface area contributed by atoms with E-state index >= 15 is 0 Å². The molecule has 0 radical (unpaired) electrons. The van der Waals surface area contributed by atoms with Gasteiger partial charge >= 0.3 is 11.8 Å². The minimum Gasteiger partial charge on any atom is -0.497 e. The highest BCUT2D eigenvalue weighted by molar-refractivity contribution is 6.39. The molecule has 0 aliphatic heterocycles. The van der Waals surface area contributed by atoms with Crippen LogP contribution < -0.4 is 10.1 Å². The fourth-order valence-electron chi connectivity index (χ4n) is 2.21. The maximum Gasteiger partial charge on any atom is 0.313 e. The molecule has 126 valence electrons. The molecule has 0 saturated carbocycles. The van der Waals surface area contributed by atoms with E-state index in [4.69, 9.17) is 9.84 Å². The third-order valence-electron chi connectivity index (χ3n) is 3.40. The van der Waals surface area contributed by atoms with Crippen LogP contribution in [0.3, 0.4) is 0 Å². The van der Waals surface area contributed by atoms with E-state index in [1.165, 1.54) is 12.0 Å². The van der Waals surface area contributed by atoms with Crippen molar-refractivity contribution in [3.63, 3.8) is 0 Å². The van der Waals surface area contributed by atoms with Gasteiger partial charge in [0.25, 0.3) is 0 Å². The van der Waals surface area contributed by atoms with E-state index in [9.17, 15) is 9.59 Å². The van der Waals surface area contributed by atoms with Gasteiger partial charge in [-0.3, -0.25) is 9.59 Å². The summed E-state index contributed by atoms with van der Waals surface area (Å²) in [6.45, 7) is 0.121. The maximum atomic E-state index is 12.4. The number of amides is 2. The Morgan fingerprint density at radius 1 is 1.12 bits per heavy atom. The number of aliphatic hydroxyl groups is 1. The third-order valence-corrected chi connectivity index (χ3v) is 3.40. The molecule has 0 fully saturated rings. The highest BCUT2D eigenvalue weighted by atomic mass is 16.5. The van der Waals surface area contributed by atoms with Gasteiger partial charge in [0.05, 0.1) is 13.7 Å². The average molecular weight is 328 g/mol. The summed E-state index contributed by atoms with van der Waals surface area (Å²) in [6, 6.07) is 16.0. The van der Waals surface area contributed by atoms with Gasteiger partial charge in [-0.2, -0.15) is 0 Å². The molecule has 0 aliphatic carbocycles. The highest BCUT2D eigenvalue weighted by Gasteiger charge is 2.22. The quantitative estimate of drug-likeness (QED) is 0.791. The molecule has 2 rings (SSSR count). The fourth-order valence-corrected chi connectivity index (χ4v) is 2.21. The number of ether oxygens (including phenoxy) is 1. The minimum atomic E-state index is -0.757. The van der Waals surface area contributed by atoms with Crippen molar-refractivity contribution in [1.82, 2.24) is 4.90 Å². The molecule has 2 aromatic carbocycles. The number of methoxy groups -OCH3 is 1. The highest BCUT2D eigenvalue weighted by Crippen LogP contribution is 2.16. The van der Waals surface area contributed by atoms with Crippen molar-refractivity contribution < 1.29 is 19.4 Å². The zero-order valence-electron chi connectivity index (χ0n) is 13.4. The molecular weight excluding hydrogens is 308 g/mol. The molecule has 6 nitrogen and oxygen atoms in total. The van der Waals surface area contributed by atoms with Gasteiger partial charge in [0.15, 0.2) is 0 Å². The zero-order chi connectivity index (χ0) is 17.4. The summed E-state index contributed by atoms with van der Waals surface area (Å²) in [5, 5.41) is 11.7. The summed E-state index contributed by atoms with van der Waals surface area (Å²) in [4.78, 5) is 25.9. The molecule has 0 aromatic heterocycles. The van der Waals surface area contributed by atoms with Crippen LogP contribution in [0.1, 0.15) is 5.56 Å². The standard InChI is InChI=1S/C18H20N2O4/c1-24-16-9-5-8-15(12-16)19-17(22)18(23)20(10-11-21)13-14-6-3-2-4-7-14/h2-9,12,21H,10-11,13H2,1H3,(H,19,22). The first-order valence-electron chi connectivity index (χ1n) is 7.53. The molecule has 0 saturated heterocycles. The summed E-state index contributed by atoms with van der Waals surface area (Å²) in [5.41, 5.74) is 1.35. The Hall–Kier alpha value is -2.86. The molecule has 0 spiro atoms. The van der Waals surface area contributed by atoms with E-state index in [2.05, 4.69) is 5.32 Å². The van der Waals surface area contributed by atoms with E-state index in [1.807, 2.05) is 30.3 Å². The summed E-state index contributed by atoms with van der Waals surface area (Å²) >= 11 is 0. The number of hydrogen-bond acceptors (Lipinski definition) is 4. The molecule has 0 atom stereocenters. The van der Waals surface area contributed by atoms with E-state index in [-0.39, 0.29) is 19.7 Å². The Morgan fingerprint density at radius 2 is 1.88 bits per heavy atom. The molecule has 2 N–H and O–H groups in total. The van der Waals surface area contributed by atoms with Crippen molar-refractivity contribution in [2.75, 3.05) is 25.6 Å². The fraction of sp³-hybridized carbons (Fsp3) is 0.222. The Bertz CT molecular complexity index is 688. The number of aliphatic hydroxyl groups excluding tert-OH is 1. The number of carbonyl (C=O) groups is 2. The Balaban J connectivity index is 2.06. The molecule has 0 aliphatic rings. The van der Waals surface area contributed by atoms with E-state index in [0.717, 1.165) is 5.56 Å². The van der Waals surface area contributed by atoms with Gasteiger partial charge in [-0.1, -0.05) is 36.4 Å². The molecule has 0 bridgehead atoms. The largest absolute Gasteiger partial charge is 0.497 e. The predicted octanol–water partition coefficient (Wildman–Crippen LogP) is 1.65. The topological polar surface area (TPSA) is 78.9 Å². The smallest absolute Gasteiger partial charge is 0.313 e. The molecule has 6 heteroatoms. The second-order valence-electron chi connectivity index (χ2n) is 5.12. The summed E-state index contributed by atoms with van der Waals surface area (Å²) in [7, 11) is 1.52. The van der Waals surface area contributed by atoms with Crippen LogP contribution in [-0.2, 0) is 16.1 Å². The summed E-state index contributed by atoms with van der Waals surface area (Å²) in [5.74, 6) is -0.875. The van der Waals surface area contributed by atoms with Crippen LogP contribution in [0.4, 0.5) is 5.69 Å². The minimum absolute atomic E-state index is 0.0826. The lowest BCUT2D eigenvalue weighted by Crippen LogP contribution is -2.40. The lowest BCUT2D eigenvalue weighted by Gasteiger charge is -2.21. The Labute approximate surface area is 140 Å². The lowest BCUT2D eigenvalue weighted by atomic mass is 10.2. The van der Waals surface area contributed by atoms with Crippen LogP contribution in [0.15, 0.2) is 54.6 Å². The molecule has 24 heavy (non-hydrogen) atoms. The first kappa shape index (κ1) is 17.5. The number of anilines is 1. The first-order chi connectivity index (χ1) is 11.6. The van der Waals surface area contributed by atoms with Crippen LogP contribution in [0.2, 0.25) is 0 Å². The number of nitrogens with one attached hydrogen (secondary N) is 1. The van der Waals surface area contributed by atoms with Crippen molar-refractivity contribution in [2.24, 2.45) is 0 Å². The third kappa shape index (κ3) is 4.82. The number of benzene rings is 2. The monoisotopic (exact) mass is 328 g/mol. The van der Waals surface area contributed by atoms with Gasteiger partial charge in [-0.15, -0.1) is 0 Å². The van der Waals surface area contributed by atoms with Gasteiger partial charge in [-0.05, 0) is 17.7 Å². The first-order valence-corrected chi connectivity index (χ1v) is 7.53. The van der Waals surface area contributed by atoms with Gasteiger partial charge in [-0.25, -0.2) is 0 Å². The van der Waals surface area contributed by atoms with Crippen LogP contribution in [0, 0.1) is 0 Å². The van der Waals surface area contributed by atoms with Gasteiger partial charge in [0, 0.05) is 24.8 Å². The van der Waals surface area contributed by atoms with Crippen molar-refractivity contribution in [2.45, 2.75) is 6.54 Å². The maximum absolute atomic E-state index is 12.4. The van der Waals surface area contributed by atoms with Crippen molar-refractivity contribution >= 4 is 17.5 Å². The van der Waals surface area contributed by atoms with E-state index in [0.29, 0.717) is 11.4 Å². The van der Waals surface area contributed by atoms with Crippen molar-refractivity contribution in [3.8, 4) is 5.75 Å². The van der Waals surface area contributed by atoms with Crippen molar-refractivity contribution in [1.29, 1.82) is 0 Å². The normalized spacial score (nSPS) is 10.1. The van der Waals surface area contributed by atoms with Gasteiger partial charge < -0.3 is 20.1 Å². The van der Waals surface area contributed by atoms with E-state index in [1.54, 1.807) is 24.3 Å². The zero-order valence-corrected chi connectivity index (χ0v) is 13.4. The number of rotatable bonds is 6. The Kier molecular flexibility index (Phi) is 6.33. The molecule has 2 amide bonds.